The van der Waals surface area contributed by atoms with Crippen LogP contribution in [0.3, 0.4) is 0 Å². The lowest BCUT2D eigenvalue weighted by molar-refractivity contribution is -0.126. The van der Waals surface area contributed by atoms with Crippen molar-refractivity contribution in [3.63, 3.8) is 0 Å². The van der Waals surface area contributed by atoms with Gasteiger partial charge in [-0.1, -0.05) is 13.3 Å². The molecule has 0 aromatic heterocycles. The highest BCUT2D eigenvalue weighted by molar-refractivity contribution is 5.81. The second-order valence-electron chi connectivity index (χ2n) is 4.71. The molecule has 1 amide bonds. The second kappa shape index (κ2) is 6.18. The van der Waals surface area contributed by atoms with Crippen molar-refractivity contribution in [2.45, 2.75) is 38.3 Å². The Hall–Kier alpha value is -0.650. The van der Waals surface area contributed by atoms with Crippen molar-refractivity contribution >= 4 is 5.91 Å². The molecule has 1 saturated heterocycles. The van der Waals surface area contributed by atoms with E-state index in [-0.39, 0.29) is 11.9 Å². The lowest BCUT2D eigenvalue weighted by Gasteiger charge is -2.27. The van der Waals surface area contributed by atoms with Crippen molar-refractivity contribution in [1.29, 1.82) is 0 Å². The third kappa shape index (κ3) is 3.17. The van der Waals surface area contributed by atoms with E-state index in [4.69, 9.17) is 5.84 Å². The third-order valence-electron chi connectivity index (χ3n) is 3.37. The highest BCUT2D eigenvalue weighted by atomic mass is 16.2. The van der Waals surface area contributed by atoms with Crippen molar-refractivity contribution in [3.8, 4) is 0 Å². The Bertz CT molecular complexity index is 232. The van der Waals surface area contributed by atoms with Gasteiger partial charge in [0.15, 0.2) is 0 Å². The third-order valence-corrected chi connectivity index (χ3v) is 3.37. The first kappa shape index (κ1) is 13.4. The highest BCUT2D eigenvalue weighted by Crippen LogP contribution is 2.18. The Morgan fingerprint density at radius 2 is 2.31 bits per heavy atom. The predicted octanol–water partition coefficient (Wildman–Crippen LogP) is -0.219. The van der Waals surface area contributed by atoms with E-state index in [0.717, 1.165) is 32.4 Å². The summed E-state index contributed by atoms with van der Waals surface area (Å²) in [5.41, 5.74) is 2.28. The van der Waals surface area contributed by atoms with Gasteiger partial charge in [-0.05, 0) is 26.9 Å². The van der Waals surface area contributed by atoms with Crippen LogP contribution in [-0.4, -0.2) is 55.0 Å². The standard InChI is InChI=1S/C11H24N4O/c1-4-5-10(11(16)13-12)15-7-6-9(8-15)14(2)3/h9-10H,4-8,12H2,1-3H3,(H,13,16). The number of carbonyl (C=O) groups is 1. The minimum Gasteiger partial charge on any atom is -0.305 e. The molecule has 0 radical (unpaired) electrons. The molecule has 1 aliphatic heterocycles. The van der Waals surface area contributed by atoms with Gasteiger partial charge in [0.2, 0.25) is 0 Å². The summed E-state index contributed by atoms with van der Waals surface area (Å²) < 4.78 is 0. The quantitative estimate of drug-likeness (QED) is 0.388. The SMILES string of the molecule is CCCC(C(=O)NN)N1CCC(N(C)C)C1. The van der Waals surface area contributed by atoms with Crippen LogP contribution in [-0.2, 0) is 4.79 Å². The molecule has 0 bridgehead atoms. The van der Waals surface area contributed by atoms with E-state index in [1.165, 1.54) is 0 Å². The largest absolute Gasteiger partial charge is 0.305 e. The van der Waals surface area contributed by atoms with E-state index in [1.807, 2.05) is 0 Å². The molecular weight excluding hydrogens is 204 g/mol. The van der Waals surface area contributed by atoms with E-state index in [9.17, 15) is 4.79 Å². The van der Waals surface area contributed by atoms with Crippen LogP contribution in [0.4, 0.5) is 0 Å². The zero-order valence-electron chi connectivity index (χ0n) is 10.6. The number of hydrogen-bond acceptors (Lipinski definition) is 4. The van der Waals surface area contributed by atoms with Crippen molar-refractivity contribution < 1.29 is 4.79 Å². The summed E-state index contributed by atoms with van der Waals surface area (Å²) in [5, 5.41) is 0. The van der Waals surface area contributed by atoms with Gasteiger partial charge in [0.1, 0.15) is 0 Å². The van der Waals surface area contributed by atoms with Crippen LogP contribution in [0, 0.1) is 0 Å². The molecule has 1 fully saturated rings. The molecule has 5 heteroatoms. The average Bonchev–Trinajstić information content (AvgIpc) is 2.74. The van der Waals surface area contributed by atoms with E-state index in [2.05, 4.69) is 36.2 Å². The molecule has 0 aliphatic carbocycles. The molecule has 1 heterocycles. The van der Waals surface area contributed by atoms with Crippen LogP contribution < -0.4 is 11.3 Å². The van der Waals surface area contributed by atoms with Crippen molar-refractivity contribution in [2.75, 3.05) is 27.2 Å². The van der Waals surface area contributed by atoms with Crippen LogP contribution in [0.15, 0.2) is 0 Å². The molecule has 0 aromatic rings. The highest BCUT2D eigenvalue weighted by Gasteiger charge is 2.32. The molecule has 0 saturated carbocycles. The van der Waals surface area contributed by atoms with Crippen LogP contribution in [0.5, 0.6) is 0 Å². The number of nitrogens with zero attached hydrogens (tertiary/aromatic N) is 2. The minimum absolute atomic E-state index is 0.0544. The van der Waals surface area contributed by atoms with Gasteiger partial charge in [0, 0.05) is 19.1 Å². The molecule has 3 N–H and O–H groups in total. The number of likely N-dealkylation sites (N-methyl/N-ethyl adjacent to an activating group) is 1. The lowest BCUT2D eigenvalue weighted by atomic mass is 10.1. The van der Waals surface area contributed by atoms with Gasteiger partial charge >= 0.3 is 0 Å². The van der Waals surface area contributed by atoms with Crippen molar-refractivity contribution in [3.05, 3.63) is 0 Å². The number of likely N-dealkylation sites (tertiary alicyclic amines) is 1. The Balaban J connectivity index is 2.56. The van der Waals surface area contributed by atoms with E-state index >= 15 is 0 Å². The van der Waals surface area contributed by atoms with Crippen molar-refractivity contribution in [1.82, 2.24) is 15.2 Å². The van der Waals surface area contributed by atoms with Gasteiger partial charge in [0.25, 0.3) is 5.91 Å². The Labute approximate surface area is 97.9 Å². The summed E-state index contributed by atoms with van der Waals surface area (Å²) in [7, 11) is 4.18. The van der Waals surface area contributed by atoms with Gasteiger partial charge in [-0.3, -0.25) is 15.1 Å². The maximum atomic E-state index is 11.7. The molecule has 1 aliphatic rings. The fourth-order valence-corrected chi connectivity index (χ4v) is 2.32. The second-order valence-corrected chi connectivity index (χ2v) is 4.71. The summed E-state index contributed by atoms with van der Waals surface area (Å²) in [4.78, 5) is 16.1. The zero-order chi connectivity index (χ0) is 12.1. The maximum Gasteiger partial charge on any atom is 0.251 e. The maximum absolute atomic E-state index is 11.7. The van der Waals surface area contributed by atoms with Gasteiger partial charge in [0.05, 0.1) is 6.04 Å². The molecule has 0 aromatic carbocycles. The predicted molar refractivity (Wildman–Crippen MR) is 64.7 cm³/mol. The van der Waals surface area contributed by atoms with Gasteiger partial charge in [-0.25, -0.2) is 5.84 Å². The fraction of sp³-hybridized carbons (Fsp3) is 0.909. The minimum atomic E-state index is -0.0556. The van der Waals surface area contributed by atoms with Crippen LogP contribution in [0.1, 0.15) is 26.2 Å². The van der Waals surface area contributed by atoms with E-state index < -0.39 is 0 Å². The molecule has 2 unspecified atom stereocenters. The summed E-state index contributed by atoms with van der Waals surface area (Å²) in [6, 6.07) is 0.505. The first-order valence-corrected chi connectivity index (χ1v) is 6.01. The Morgan fingerprint density at radius 3 is 2.75 bits per heavy atom. The van der Waals surface area contributed by atoms with Crippen LogP contribution in [0.2, 0.25) is 0 Å². The lowest BCUT2D eigenvalue weighted by Crippen LogP contribution is -2.49. The average molecular weight is 228 g/mol. The van der Waals surface area contributed by atoms with E-state index in [1.54, 1.807) is 0 Å². The van der Waals surface area contributed by atoms with Crippen molar-refractivity contribution in [2.24, 2.45) is 5.84 Å². The van der Waals surface area contributed by atoms with Gasteiger partial charge < -0.3 is 4.90 Å². The molecule has 5 nitrogen and oxygen atoms in total. The number of hydrogen-bond donors (Lipinski definition) is 2. The molecular formula is C11H24N4O. The van der Waals surface area contributed by atoms with Crippen LogP contribution in [0.25, 0.3) is 0 Å². The van der Waals surface area contributed by atoms with Gasteiger partial charge in [-0.2, -0.15) is 0 Å². The smallest absolute Gasteiger partial charge is 0.251 e. The topological polar surface area (TPSA) is 61.6 Å². The zero-order valence-corrected chi connectivity index (χ0v) is 10.6. The summed E-state index contributed by atoms with van der Waals surface area (Å²) >= 11 is 0. The Morgan fingerprint density at radius 1 is 1.62 bits per heavy atom. The number of rotatable bonds is 5. The molecule has 94 valence electrons. The summed E-state index contributed by atoms with van der Waals surface area (Å²) in [6.45, 7) is 4.04. The van der Waals surface area contributed by atoms with Gasteiger partial charge in [-0.15, -0.1) is 0 Å². The van der Waals surface area contributed by atoms with Crippen LogP contribution >= 0.6 is 0 Å². The normalized spacial score (nSPS) is 23.7. The monoisotopic (exact) mass is 228 g/mol. The Kier molecular flexibility index (Phi) is 5.18. The molecule has 0 spiro atoms. The number of amides is 1. The first-order chi connectivity index (χ1) is 7.60. The summed E-state index contributed by atoms with van der Waals surface area (Å²) in [6.07, 6.45) is 3.01. The number of nitrogens with two attached hydrogens (primary N) is 1. The molecule has 16 heavy (non-hydrogen) atoms. The number of nitrogens with one attached hydrogen (secondary N) is 1. The number of hydrazine groups is 1. The fourth-order valence-electron chi connectivity index (χ4n) is 2.32. The number of carbonyl (C=O) groups excluding carboxylic acids is 1. The van der Waals surface area contributed by atoms with E-state index in [0.29, 0.717) is 6.04 Å². The molecule has 1 rings (SSSR count). The summed E-state index contributed by atoms with van der Waals surface area (Å²) in [5.74, 6) is 5.17. The first-order valence-electron chi connectivity index (χ1n) is 6.01. The molecule has 2 atom stereocenters.